The summed E-state index contributed by atoms with van der Waals surface area (Å²) in [6.45, 7) is 3.13. The second-order valence-electron chi connectivity index (χ2n) is 9.42. The second kappa shape index (κ2) is 8.64. The molecule has 10 nitrogen and oxygen atoms in total. The van der Waals surface area contributed by atoms with Crippen molar-refractivity contribution in [1.29, 1.82) is 0 Å². The van der Waals surface area contributed by atoms with Gasteiger partial charge in [-0.25, -0.2) is 9.97 Å². The Morgan fingerprint density at radius 1 is 1.18 bits per heavy atom. The second-order valence-corrected chi connectivity index (χ2v) is 9.77. The zero-order chi connectivity index (χ0) is 23.2. The number of halogens is 1. The molecule has 0 radical (unpaired) electrons. The summed E-state index contributed by atoms with van der Waals surface area (Å²) in [6, 6.07) is -0.141. The molecule has 1 aliphatic heterocycles. The molecule has 1 N–H and O–H groups in total. The number of nitrogens with one attached hydrogen (secondary N) is 1. The van der Waals surface area contributed by atoms with Crippen LogP contribution in [0.15, 0.2) is 4.52 Å². The molecule has 3 aliphatic rings. The van der Waals surface area contributed by atoms with Crippen LogP contribution in [0.25, 0.3) is 11.6 Å². The highest BCUT2D eigenvalue weighted by atomic mass is 35.5. The van der Waals surface area contributed by atoms with Gasteiger partial charge in [0.05, 0.1) is 23.0 Å². The zero-order valence-corrected chi connectivity index (χ0v) is 19.2. The van der Waals surface area contributed by atoms with Crippen LogP contribution < -0.4 is 5.32 Å². The van der Waals surface area contributed by atoms with Gasteiger partial charge in [0.25, 0.3) is 0 Å². The van der Waals surface area contributed by atoms with Crippen molar-refractivity contribution in [2.75, 3.05) is 18.5 Å². The highest BCUT2D eigenvalue weighted by Crippen LogP contribution is 2.47. The molecule has 11 heteroatoms. The van der Waals surface area contributed by atoms with E-state index in [0.717, 1.165) is 44.1 Å². The minimum atomic E-state index is -0.602. The molecule has 1 saturated carbocycles. The third kappa shape index (κ3) is 3.89. The lowest BCUT2D eigenvalue weighted by molar-refractivity contribution is -0.384. The van der Waals surface area contributed by atoms with E-state index in [1.54, 1.807) is 0 Å². The van der Waals surface area contributed by atoms with Gasteiger partial charge in [-0.2, -0.15) is 0 Å². The van der Waals surface area contributed by atoms with Crippen molar-refractivity contribution in [2.45, 2.75) is 69.7 Å². The largest absolute Gasteiger partial charge is 0.379 e. The van der Waals surface area contributed by atoms with E-state index in [-0.39, 0.29) is 34.3 Å². The van der Waals surface area contributed by atoms with Gasteiger partial charge in [-0.15, -0.1) is 0 Å². The Hall–Kier alpha value is -2.59. The van der Waals surface area contributed by atoms with Crippen molar-refractivity contribution in [3.8, 4) is 11.6 Å². The average Bonchev–Trinajstić information content (AvgIpc) is 3.21. The fourth-order valence-electron chi connectivity index (χ4n) is 5.50. The van der Waals surface area contributed by atoms with Crippen LogP contribution in [0.2, 0.25) is 5.15 Å². The van der Waals surface area contributed by atoms with Crippen molar-refractivity contribution >= 4 is 28.9 Å². The number of rotatable bonds is 4. The molecule has 2 aliphatic carbocycles. The van der Waals surface area contributed by atoms with Gasteiger partial charge in [0.1, 0.15) is 11.5 Å². The van der Waals surface area contributed by atoms with Crippen LogP contribution in [-0.4, -0.2) is 45.1 Å². The van der Waals surface area contributed by atoms with E-state index >= 15 is 0 Å². The van der Waals surface area contributed by atoms with Gasteiger partial charge >= 0.3 is 5.69 Å². The van der Waals surface area contributed by atoms with Crippen LogP contribution in [0.1, 0.15) is 63.1 Å². The van der Waals surface area contributed by atoms with Gasteiger partial charge < -0.3 is 14.6 Å². The molecule has 2 aromatic rings. The van der Waals surface area contributed by atoms with E-state index in [0.29, 0.717) is 43.4 Å². The fourth-order valence-corrected chi connectivity index (χ4v) is 5.74. The normalized spacial score (nSPS) is 27.4. The van der Waals surface area contributed by atoms with Gasteiger partial charge in [0.15, 0.2) is 0 Å². The molecule has 3 heterocycles. The van der Waals surface area contributed by atoms with Crippen LogP contribution in [0, 0.1) is 16.0 Å². The fraction of sp³-hybridized carbons (Fsp3) is 0.636. The minimum absolute atomic E-state index is 0.0297. The molecule has 0 aromatic carbocycles. The summed E-state index contributed by atoms with van der Waals surface area (Å²) >= 11 is 6.26. The van der Waals surface area contributed by atoms with Gasteiger partial charge in [0, 0.05) is 18.6 Å². The third-order valence-electron chi connectivity index (χ3n) is 7.04. The summed E-state index contributed by atoms with van der Waals surface area (Å²) in [5, 5.41) is 18.9. The number of ether oxygens (including phenoxy) is 1. The van der Waals surface area contributed by atoms with Crippen molar-refractivity contribution in [3.63, 3.8) is 0 Å². The van der Waals surface area contributed by atoms with E-state index in [9.17, 15) is 14.9 Å². The number of carbonyl (C=O) groups is 1. The van der Waals surface area contributed by atoms with Crippen LogP contribution in [0.3, 0.4) is 0 Å². The molecule has 2 aromatic heterocycles. The summed E-state index contributed by atoms with van der Waals surface area (Å²) in [5.41, 5.74) is 0.498. The summed E-state index contributed by atoms with van der Waals surface area (Å²) in [4.78, 5) is 32.7. The van der Waals surface area contributed by atoms with Crippen LogP contribution in [-0.2, 0) is 21.4 Å². The number of nitrogens with zero attached hydrogens (tertiary/aromatic N) is 4. The average molecular weight is 476 g/mol. The molecule has 1 saturated heterocycles. The number of carbonyl (C=O) groups excluding carboxylic acids is 1. The van der Waals surface area contributed by atoms with E-state index in [1.165, 1.54) is 0 Å². The molecule has 0 bridgehead atoms. The lowest BCUT2D eigenvalue weighted by atomic mass is 9.64. The lowest BCUT2D eigenvalue weighted by Gasteiger charge is -2.37. The highest BCUT2D eigenvalue weighted by Gasteiger charge is 2.48. The zero-order valence-electron chi connectivity index (χ0n) is 18.4. The molecular weight excluding hydrogens is 450 g/mol. The summed E-state index contributed by atoms with van der Waals surface area (Å²) in [7, 11) is 0. The Balaban J connectivity index is 1.55. The maximum Gasteiger partial charge on any atom is 0.348 e. The van der Waals surface area contributed by atoms with Gasteiger partial charge in [-0.05, 0) is 44.4 Å². The summed E-state index contributed by atoms with van der Waals surface area (Å²) in [5.74, 6) is 1.02. The van der Waals surface area contributed by atoms with E-state index in [2.05, 4.69) is 27.4 Å². The number of hydrogen-bond donors (Lipinski definition) is 1. The Morgan fingerprint density at radius 2 is 2.00 bits per heavy atom. The smallest absolute Gasteiger partial charge is 0.348 e. The van der Waals surface area contributed by atoms with Gasteiger partial charge in [-0.3, -0.25) is 14.9 Å². The molecule has 5 rings (SSSR count). The first-order valence-electron chi connectivity index (χ1n) is 11.5. The maximum atomic E-state index is 12.9. The Labute approximate surface area is 195 Å². The quantitative estimate of drug-likeness (QED) is 0.391. The van der Waals surface area contributed by atoms with Gasteiger partial charge in [-0.1, -0.05) is 30.1 Å². The molecule has 33 heavy (non-hydrogen) atoms. The highest BCUT2D eigenvalue weighted by molar-refractivity contribution is 6.32. The maximum absolute atomic E-state index is 12.9. The van der Waals surface area contributed by atoms with E-state index in [4.69, 9.17) is 20.9 Å². The predicted octanol–water partition coefficient (Wildman–Crippen LogP) is 4.25. The van der Waals surface area contributed by atoms with Crippen molar-refractivity contribution in [1.82, 2.24) is 15.1 Å². The minimum Gasteiger partial charge on any atom is -0.379 e. The Morgan fingerprint density at radius 3 is 2.76 bits per heavy atom. The van der Waals surface area contributed by atoms with Crippen LogP contribution in [0.4, 0.5) is 11.5 Å². The van der Waals surface area contributed by atoms with Crippen molar-refractivity contribution in [2.24, 2.45) is 5.92 Å². The topological polar surface area (TPSA) is 133 Å². The first-order valence-corrected chi connectivity index (χ1v) is 11.9. The number of anilines is 1. The van der Waals surface area contributed by atoms with Crippen molar-refractivity contribution < 1.29 is 19.0 Å². The number of Topliss-reactive ketones (excluding diaryl/α,β-unsaturated/α-hetero) is 1. The third-order valence-corrected chi connectivity index (χ3v) is 7.30. The number of ketones is 1. The molecule has 3 atom stereocenters. The molecule has 176 valence electrons. The number of aromatic nitrogens is 3. The molecule has 1 spiro atoms. The number of hydrogen-bond acceptors (Lipinski definition) is 9. The van der Waals surface area contributed by atoms with Crippen molar-refractivity contribution in [3.05, 3.63) is 26.5 Å². The standard InChI is InChI=1S/C22H26ClN5O5/c1-12-9-13(11-32-10-12)24-20-16(28(30)31)19(23)25-21(26-20)17-14-5-4-8-22(18(14)27-33-17)7-3-2-6-15(22)29/h12-13H,2-11H2,1H3,(H,24,25,26)/t12-,13+,22+/m0/s1. The number of fused-ring (bicyclic) bond motifs is 2. The first kappa shape index (κ1) is 22.2. The van der Waals surface area contributed by atoms with E-state index < -0.39 is 10.3 Å². The monoisotopic (exact) mass is 475 g/mol. The Bertz CT molecular complexity index is 1110. The summed E-state index contributed by atoms with van der Waals surface area (Å²) < 4.78 is 11.3. The molecule has 0 amide bonds. The molecule has 0 unspecified atom stereocenters. The Kier molecular flexibility index (Phi) is 5.82. The number of nitro groups is 1. The summed E-state index contributed by atoms with van der Waals surface area (Å²) in [6.07, 6.45) is 6.25. The SMILES string of the molecule is C[C@@H]1COC[C@H](Nc2nc(-c3onc4c3CCC[C@@]43CCCCC3=O)nc(Cl)c2[N+](=O)[O-])C1. The lowest BCUT2D eigenvalue weighted by Crippen LogP contribution is -2.41. The van der Waals surface area contributed by atoms with Crippen LogP contribution >= 0.6 is 11.6 Å². The predicted molar refractivity (Wildman–Crippen MR) is 119 cm³/mol. The first-order chi connectivity index (χ1) is 15.9. The van der Waals surface area contributed by atoms with Crippen LogP contribution in [0.5, 0.6) is 0 Å². The van der Waals surface area contributed by atoms with Gasteiger partial charge in [0.2, 0.25) is 22.6 Å². The molecule has 2 fully saturated rings. The molecular formula is C22H26ClN5O5. The van der Waals surface area contributed by atoms with E-state index in [1.807, 2.05) is 0 Å².